The first kappa shape index (κ1) is 18.3. The van der Waals surface area contributed by atoms with E-state index in [1.807, 2.05) is 36.4 Å². The van der Waals surface area contributed by atoms with E-state index in [2.05, 4.69) is 30.3 Å². The normalized spacial score (nSPS) is 12.0. The Hall–Kier alpha value is -3.11. The molecular weight excluding hydrogens is 352 g/mol. The molecule has 4 heteroatoms. The predicted octanol–water partition coefficient (Wildman–Crippen LogP) is 4.98. The van der Waals surface area contributed by atoms with Crippen LogP contribution < -0.4 is 4.74 Å². The van der Waals surface area contributed by atoms with Crippen molar-refractivity contribution in [3.05, 3.63) is 89.0 Å². The van der Waals surface area contributed by atoms with Crippen molar-refractivity contribution in [1.82, 2.24) is 0 Å². The van der Waals surface area contributed by atoms with Gasteiger partial charge in [0.25, 0.3) is 0 Å². The Bertz CT molecular complexity index is 979. The number of carboxylic acid groups (broad SMARTS) is 1. The lowest BCUT2D eigenvalue weighted by Crippen LogP contribution is -2.07. The summed E-state index contributed by atoms with van der Waals surface area (Å²) in [7, 11) is 0. The molecule has 0 saturated heterocycles. The average Bonchev–Trinajstić information content (AvgIpc) is 2.72. The smallest absolute Gasteiger partial charge is 0.303 e. The van der Waals surface area contributed by atoms with E-state index < -0.39 is 5.97 Å². The highest BCUT2D eigenvalue weighted by atomic mass is 16.5. The number of carbonyl (C=O) groups is 1. The molecule has 0 amide bonds. The highest BCUT2D eigenvalue weighted by molar-refractivity contribution is 5.76. The third-order valence-electron chi connectivity index (χ3n) is 4.90. The first-order valence-corrected chi connectivity index (χ1v) is 9.40. The van der Waals surface area contributed by atoms with Crippen molar-refractivity contribution in [3.8, 4) is 16.9 Å². The van der Waals surface area contributed by atoms with E-state index in [1.165, 1.54) is 0 Å². The van der Waals surface area contributed by atoms with Crippen molar-refractivity contribution in [2.75, 3.05) is 0 Å². The molecule has 0 aliphatic carbocycles. The molecule has 1 heterocycles. The van der Waals surface area contributed by atoms with Crippen LogP contribution in [0, 0.1) is 0 Å². The first-order valence-electron chi connectivity index (χ1n) is 9.40. The quantitative estimate of drug-likeness (QED) is 0.634. The van der Waals surface area contributed by atoms with Crippen LogP contribution in [0.2, 0.25) is 0 Å². The van der Waals surface area contributed by atoms with Gasteiger partial charge in [0.15, 0.2) is 0 Å². The van der Waals surface area contributed by atoms with Gasteiger partial charge in [-0.1, -0.05) is 54.6 Å². The number of hydrogen-bond donors (Lipinski definition) is 1. The van der Waals surface area contributed by atoms with Gasteiger partial charge in [-0.2, -0.15) is 0 Å². The molecule has 0 spiro atoms. The van der Waals surface area contributed by atoms with E-state index in [4.69, 9.17) is 14.6 Å². The molecule has 0 fully saturated rings. The second kappa shape index (κ2) is 8.28. The molecule has 1 aliphatic heterocycles. The lowest BCUT2D eigenvalue weighted by molar-refractivity contribution is -0.136. The van der Waals surface area contributed by atoms with Crippen LogP contribution in [0.1, 0.15) is 28.7 Å². The number of aliphatic carboxylic acids is 1. The van der Waals surface area contributed by atoms with Gasteiger partial charge in [0.1, 0.15) is 12.4 Å². The summed E-state index contributed by atoms with van der Waals surface area (Å²) < 4.78 is 11.8. The maximum Gasteiger partial charge on any atom is 0.303 e. The third kappa shape index (κ3) is 4.24. The summed E-state index contributed by atoms with van der Waals surface area (Å²) in [4.78, 5) is 10.8. The van der Waals surface area contributed by atoms with Crippen LogP contribution in [0.25, 0.3) is 11.1 Å². The van der Waals surface area contributed by atoms with Gasteiger partial charge in [-0.05, 0) is 46.4 Å². The Balaban J connectivity index is 1.45. The highest BCUT2D eigenvalue weighted by Gasteiger charge is 2.18. The summed E-state index contributed by atoms with van der Waals surface area (Å²) in [5.41, 5.74) is 6.63. The molecule has 0 atom stereocenters. The topological polar surface area (TPSA) is 55.8 Å². The molecule has 3 aromatic rings. The number of rotatable bonds is 7. The van der Waals surface area contributed by atoms with Gasteiger partial charge >= 0.3 is 5.97 Å². The third-order valence-corrected chi connectivity index (χ3v) is 4.90. The first-order chi connectivity index (χ1) is 13.7. The summed E-state index contributed by atoms with van der Waals surface area (Å²) in [6.45, 7) is 1.66. The molecule has 3 aromatic carbocycles. The van der Waals surface area contributed by atoms with Gasteiger partial charge in [-0.25, -0.2) is 0 Å². The maximum absolute atomic E-state index is 10.8. The van der Waals surface area contributed by atoms with Crippen molar-refractivity contribution in [2.24, 2.45) is 0 Å². The lowest BCUT2D eigenvalue weighted by Gasteiger charge is -2.22. The van der Waals surface area contributed by atoms with E-state index in [0.717, 1.165) is 39.1 Å². The van der Waals surface area contributed by atoms with Gasteiger partial charge in [-0.15, -0.1) is 0 Å². The minimum absolute atomic E-state index is 0.127. The number of benzene rings is 3. The minimum atomic E-state index is -0.786. The van der Waals surface area contributed by atoms with Gasteiger partial charge in [0.05, 0.1) is 13.2 Å². The SMILES string of the molecule is O=C(O)CCc1ccc2c(c1)OCc1cc(COCc3ccccc3)ccc1-2. The Labute approximate surface area is 164 Å². The number of aryl methyl sites for hydroxylation is 1. The molecule has 0 radical (unpaired) electrons. The molecule has 1 aliphatic rings. The van der Waals surface area contributed by atoms with Crippen molar-refractivity contribution < 1.29 is 19.4 Å². The molecule has 4 nitrogen and oxygen atoms in total. The van der Waals surface area contributed by atoms with Gasteiger partial charge in [0.2, 0.25) is 0 Å². The van der Waals surface area contributed by atoms with Gasteiger partial charge < -0.3 is 14.6 Å². The van der Waals surface area contributed by atoms with Crippen molar-refractivity contribution in [3.63, 3.8) is 0 Å². The zero-order valence-corrected chi connectivity index (χ0v) is 15.6. The fraction of sp³-hybridized carbons (Fsp3) is 0.208. The van der Waals surface area contributed by atoms with E-state index in [1.54, 1.807) is 0 Å². The largest absolute Gasteiger partial charge is 0.488 e. The molecule has 0 aromatic heterocycles. The fourth-order valence-electron chi connectivity index (χ4n) is 3.45. The maximum atomic E-state index is 10.8. The zero-order valence-electron chi connectivity index (χ0n) is 15.6. The molecule has 142 valence electrons. The van der Waals surface area contributed by atoms with Crippen LogP contribution in [0.15, 0.2) is 66.7 Å². The average molecular weight is 374 g/mol. The second-order valence-corrected chi connectivity index (χ2v) is 6.98. The predicted molar refractivity (Wildman–Crippen MR) is 107 cm³/mol. The van der Waals surface area contributed by atoms with Crippen LogP contribution in [0.3, 0.4) is 0 Å². The Morgan fingerprint density at radius 1 is 0.893 bits per heavy atom. The number of carboxylic acids is 1. The lowest BCUT2D eigenvalue weighted by atomic mass is 9.94. The standard InChI is InChI=1S/C24H22O4/c25-24(26)11-8-17-6-10-22-21-9-7-19(12-20(21)16-28-23(22)13-17)15-27-14-18-4-2-1-3-5-18/h1-7,9-10,12-13H,8,11,14-16H2,(H,25,26). The zero-order chi connectivity index (χ0) is 19.3. The minimum Gasteiger partial charge on any atom is -0.488 e. The van der Waals surface area contributed by atoms with Gasteiger partial charge in [0, 0.05) is 12.0 Å². The Morgan fingerprint density at radius 3 is 2.46 bits per heavy atom. The fourth-order valence-corrected chi connectivity index (χ4v) is 3.45. The number of hydrogen-bond acceptors (Lipinski definition) is 3. The summed E-state index contributed by atoms with van der Waals surface area (Å²) in [5, 5.41) is 8.85. The molecule has 1 N–H and O–H groups in total. The molecular formula is C24H22O4. The van der Waals surface area contributed by atoms with Crippen molar-refractivity contribution in [2.45, 2.75) is 32.7 Å². The Kier molecular flexibility index (Phi) is 5.40. The van der Waals surface area contributed by atoms with E-state index >= 15 is 0 Å². The summed E-state index contributed by atoms with van der Waals surface area (Å²) >= 11 is 0. The molecule has 28 heavy (non-hydrogen) atoms. The van der Waals surface area contributed by atoms with E-state index in [9.17, 15) is 4.79 Å². The Morgan fingerprint density at radius 2 is 1.64 bits per heavy atom. The van der Waals surface area contributed by atoms with Crippen molar-refractivity contribution >= 4 is 5.97 Å². The van der Waals surface area contributed by atoms with Crippen LogP contribution in [0.5, 0.6) is 5.75 Å². The molecule has 0 bridgehead atoms. The number of fused-ring (bicyclic) bond motifs is 3. The summed E-state index contributed by atoms with van der Waals surface area (Å²) in [5.74, 6) is 0.0365. The molecule has 4 rings (SSSR count). The van der Waals surface area contributed by atoms with Crippen LogP contribution in [-0.4, -0.2) is 11.1 Å². The highest BCUT2D eigenvalue weighted by Crippen LogP contribution is 2.38. The molecule has 0 unspecified atom stereocenters. The van der Waals surface area contributed by atoms with E-state index in [-0.39, 0.29) is 6.42 Å². The summed E-state index contributed by atoms with van der Waals surface area (Å²) in [6, 6.07) is 22.5. The monoisotopic (exact) mass is 374 g/mol. The van der Waals surface area contributed by atoms with Gasteiger partial charge in [-0.3, -0.25) is 4.79 Å². The van der Waals surface area contributed by atoms with Crippen LogP contribution in [0.4, 0.5) is 0 Å². The number of ether oxygens (including phenoxy) is 2. The van der Waals surface area contributed by atoms with Crippen LogP contribution in [-0.2, 0) is 35.8 Å². The second-order valence-electron chi connectivity index (χ2n) is 6.98. The van der Waals surface area contributed by atoms with Crippen molar-refractivity contribution in [1.29, 1.82) is 0 Å². The summed E-state index contributed by atoms with van der Waals surface area (Å²) in [6.07, 6.45) is 0.637. The van der Waals surface area contributed by atoms with E-state index in [0.29, 0.717) is 26.2 Å². The van der Waals surface area contributed by atoms with Crippen LogP contribution >= 0.6 is 0 Å². The molecule has 0 saturated carbocycles.